The van der Waals surface area contributed by atoms with Crippen LogP contribution in [0.5, 0.6) is 0 Å². The Hall–Kier alpha value is -1.41. The average Bonchev–Trinajstić information content (AvgIpc) is 3.27. The highest BCUT2D eigenvalue weighted by Crippen LogP contribution is 2.40. The van der Waals surface area contributed by atoms with Gasteiger partial charge in [-0.25, -0.2) is 12.7 Å². The number of amides is 1. The Bertz CT molecular complexity index is 715. The minimum atomic E-state index is -3.17. The molecule has 0 bridgehead atoms. The highest BCUT2D eigenvalue weighted by atomic mass is 32.2. The summed E-state index contributed by atoms with van der Waals surface area (Å²) in [6.45, 7) is 8.52. The van der Waals surface area contributed by atoms with E-state index in [-0.39, 0.29) is 17.2 Å². The number of nitrogens with zero attached hydrogens (tertiary/aromatic N) is 3. The number of nitrogens with one attached hydrogen (secondary N) is 1. The van der Waals surface area contributed by atoms with E-state index in [1.165, 1.54) is 4.31 Å². The highest BCUT2D eigenvalue weighted by Gasteiger charge is 2.31. The molecule has 0 unspecified atom stereocenters. The molecular weight excluding hydrogens is 340 g/mol. The first-order valence-electron chi connectivity index (χ1n) is 8.89. The molecule has 0 spiro atoms. The summed E-state index contributed by atoms with van der Waals surface area (Å²) in [7, 11) is -1.60. The standard InChI is InChI=1S/C17H30N4O3S/c1-6-25(23,24)20(5)11-7-10-18-16(22)15-12-14(13-8-9-13)19-21(15)17(2,3)4/h12-13H,6-11H2,1-5H3,(H,18,22). The molecule has 8 heteroatoms. The lowest BCUT2D eigenvalue weighted by atomic mass is 10.1. The average molecular weight is 371 g/mol. The molecule has 1 N–H and O–H groups in total. The molecule has 1 amide bonds. The first-order chi connectivity index (χ1) is 11.6. The zero-order valence-corrected chi connectivity index (χ0v) is 16.7. The maximum Gasteiger partial charge on any atom is 0.269 e. The molecule has 1 aliphatic carbocycles. The van der Waals surface area contributed by atoms with Gasteiger partial charge < -0.3 is 5.32 Å². The van der Waals surface area contributed by atoms with E-state index in [2.05, 4.69) is 10.4 Å². The third kappa shape index (κ3) is 5.04. The summed E-state index contributed by atoms with van der Waals surface area (Å²) in [5, 5.41) is 7.52. The van der Waals surface area contributed by atoms with Crippen LogP contribution in [0.4, 0.5) is 0 Å². The summed E-state index contributed by atoms with van der Waals surface area (Å²) >= 11 is 0. The van der Waals surface area contributed by atoms with Crippen LogP contribution in [0.25, 0.3) is 0 Å². The zero-order chi connectivity index (χ0) is 18.8. The molecule has 0 radical (unpaired) electrons. The first kappa shape index (κ1) is 19.9. The molecule has 7 nitrogen and oxygen atoms in total. The number of rotatable bonds is 8. The van der Waals surface area contributed by atoms with Crippen LogP contribution >= 0.6 is 0 Å². The van der Waals surface area contributed by atoms with Crippen molar-refractivity contribution in [1.82, 2.24) is 19.4 Å². The Balaban J connectivity index is 1.95. The van der Waals surface area contributed by atoms with Gasteiger partial charge in [0.25, 0.3) is 5.91 Å². The lowest BCUT2D eigenvalue weighted by Crippen LogP contribution is -2.34. The molecule has 1 fully saturated rings. The second-order valence-electron chi connectivity index (χ2n) is 7.64. The molecule has 0 aliphatic heterocycles. The van der Waals surface area contributed by atoms with Crippen LogP contribution in [0, 0.1) is 0 Å². The van der Waals surface area contributed by atoms with Crippen molar-refractivity contribution in [1.29, 1.82) is 0 Å². The van der Waals surface area contributed by atoms with Gasteiger partial charge in [0.15, 0.2) is 0 Å². The molecule has 1 heterocycles. The van der Waals surface area contributed by atoms with Crippen molar-refractivity contribution >= 4 is 15.9 Å². The topological polar surface area (TPSA) is 84.3 Å². The van der Waals surface area contributed by atoms with Gasteiger partial charge in [0.05, 0.1) is 17.0 Å². The number of carbonyl (C=O) groups excluding carboxylic acids is 1. The molecule has 1 aliphatic rings. The summed E-state index contributed by atoms with van der Waals surface area (Å²) in [5.74, 6) is 0.420. The predicted octanol–water partition coefficient (Wildman–Crippen LogP) is 1.92. The van der Waals surface area contributed by atoms with E-state index < -0.39 is 10.0 Å². The normalized spacial score (nSPS) is 15.6. The van der Waals surface area contributed by atoms with Crippen molar-refractivity contribution in [2.45, 2.75) is 58.4 Å². The largest absolute Gasteiger partial charge is 0.351 e. The van der Waals surface area contributed by atoms with Gasteiger partial charge in [-0.05, 0) is 53.0 Å². The van der Waals surface area contributed by atoms with Crippen LogP contribution in [-0.4, -0.2) is 54.3 Å². The second kappa shape index (κ2) is 7.45. The monoisotopic (exact) mass is 370 g/mol. The Morgan fingerprint density at radius 2 is 2.04 bits per heavy atom. The Morgan fingerprint density at radius 1 is 1.40 bits per heavy atom. The van der Waals surface area contributed by atoms with E-state index in [0.717, 1.165) is 18.5 Å². The second-order valence-corrected chi connectivity index (χ2v) is 10.0. The summed E-state index contributed by atoms with van der Waals surface area (Å²) in [5.41, 5.74) is 1.30. The summed E-state index contributed by atoms with van der Waals surface area (Å²) in [6, 6.07) is 1.89. The maximum absolute atomic E-state index is 12.6. The fraction of sp³-hybridized carbons (Fsp3) is 0.765. The Labute approximate surface area is 150 Å². The predicted molar refractivity (Wildman–Crippen MR) is 98.2 cm³/mol. The lowest BCUT2D eigenvalue weighted by Gasteiger charge is -2.22. The van der Waals surface area contributed by atoms with Gasteiger partial charge in [-0.15, -0.1) is 0 Å². The highest BCUT2D eigenvalue weighted by molar-refractivity contribution is 7.89. The fourth-order valence-corrected chi connectivity index (χ4v) is 3.45. The molecule has 1 aromatic heterocycles. The van der Waals surface area contributed by atoms with Crippen LogP contribution in [-0.2, 0) is 15.6 Å². The van der Waals surface area contributed by atoms with E-state index in [1.54, 1.807) is 18.7 Å². The van der Waals surface area contributed by atoms with Crippen LogP contribution in [0.2, 0.25) is 0 Å². The van der Waals surface area contributed by atoms with E-state index in [9.17, 15) is 13.2 Å². The molecule has 0 saturated heterocycles. The minimum absolute atomic E-state index is 0.0879. The third-order valence-corrected chi connectivity index (χ3v) is 6.23. The number of sulfonamides is 1. The molecule has 25 heavy (non-hydrogen) atoms. The van der Waals surface area contributed by atoms with Gasteiger partial charge in [0.1, 0.15) is 5.69 Å². The van der Waals surface area contributed by atoms with Crippen LogP contribution in [0.15, 0.2) is 6.07 Å². The van der Waals surface area contributed by atoms with E-state index in [4.69, 9.17) is 0 Å². The van der Waals surface area contributed by atoms with Crippen LogP contribution in [0.1, 0.15) is 69.1 Å². The van der Waals surface area contributed by atoms with Crippen LogP contribution < -0.4 is 5.32 Å². The number of carbonyl (C=O) groups is 1. The van der Waals surface area contributed by atoms with Crippen molar-refractivity contribution in [2.75, 3.05) is 25.9 Å². The Morgan fingerprint density at radius 3 is 2.56 bits per heavy atom. The van der Waals surface area contributed by atoms with Gasteiger partial charge in [-0.3, -0.25) is 9.48 Å². The van der Waals surface area contributed by atoms with Crippen molar-refractivity contribution in [3.63, 3.8) is 0 Å². The van der Waals surface area contributed by atoms with E-state index >= 15 is 0 Å². The van der Waals surface area contributed by atoms with Gasteiger partial charge in [0.2, 0.25) is 10.0 Å². The summed E-state index contributed by atoms with van der Waals surface area (Å²) in [6.07, 6.45) is 2.85. The molecule has 1 aromatic rings. The molecule has 0 atom stereocenters. The molecule has 142 valence electrons. The molecule has 0 aromatic carbocycles. The van der Waals surface area contributed by atoms with Gasteiger partial charge >= 0.3 is 0 Å². The summed E-state index contributed by atoms with van der Waals surface area (Å²) in [4.78, 5) is 12.6. The third-order valence-electron chi connectivity index (χ3n) is 4.37. The number of aromatic nitrogens is 2. The molecular formula is C17H30N4O3S. The molecule has 2 rings (SSSR count). The lowest BCUT2D eigenvalue weighted by molar-refractivity contribution is 0.0934. The zero-order valence-electron chi connectivity index (χ0n) is 15.9. The van der Waals surface area contributed by atoms with Crippen LogP contribution in [0.3, 0.4) is 0 Å². The van der Waals surface area contributed by atoms with Crippen molar-refractivity contribution in [2.24, 2.45) is 0 Å². The van der Waals surface area contributed by atoms with Crippen molar-refractivity contribution in [3.8, 4) is 0 Å². The van der Waals surface area contributed by atoms with Gasteiger partial charge in [0, 0.05) is 26.1 Å². The Kier molecular flexibility index (Phi) is 5.93. The van der Waals surface area contributed by atoms with Crippen molar-refractivity contribution in [3.05, 3.63) is 17.5 Å². The number of hydrogen-bond acceptors (Lipinski definition) is 4. The maximum atomic E-state index is 12.6. The van der Waals surface area contributed by atoms with E-state index in [0.29, 0.717) is 31.1 Å². The van der Waals surface area contributed by atoms with Gasteiger partial charge in [-0.1, -0.05) is 0 Å². The van der Waals surface area contributed by atoms with Gasteiger partial charge in [-0.2, -0.15) is 5.10 Å². The quantitative estimate of drug-likeness (QED) is 0.709. The SMILES string of the molecule is CCS(=O)(=O)N(C)CCCNC(=O)c1cc(C2CC2)nn1C(C)(C)C. The minimum Gasteiger partial charge on any atom is -0.351 e. The van der Waals surface area contributed by atoms with E-state index in [1.807, 2.05) is 26.8 Å². The summed E-state index contributed by atoms with van der Waals surface area (Å²) < 4.78 is 26.5. The molecule has 1 saturated carbocycles. The van der Waals surface area contributed by atoms with Crippen molar-refractivity contribution < 1.29 is 13.2 Å². The smallest absolute Gasteiger partial charge is 0.269 e. The fourth-order valence-electron chi connectivity index (χ4n) is 2.60. The number of hydrogen-bond donors (Lipinski definition) is 1. The first-order valence-corrected chi connectivity index (χ1v) is 10.5.